The number of amides is 1. The van der Waals surface area contributed by atoms with Crippen LogP contribution in [0, 0.1) is 0 Å². The zero-order valence-electron chi connectivity index (χ0n) is 14.8. The highest BCUT2D eigenvalue weighted by atomic mass is 32.2. The molecule has 1 aromatic rings. The van der Waals surface area contributed by atoms with Gasteiger partial charge in [-0.1, -0.05) is 67.5 Å². The Balaban J connectivity index is 1.67. The molecule has 5 heteroatoms. The van der Waals surface area contributed by atoms with Crippen LogP contribution in [0.15, 0.2) is 41.3 Å². The van der Waals surface area contributed by atoms with Crippen molar-refractivity contribution in [2.24, 2.45) is 0 Å². The van der Waals surface area contributed by atoms with Crippen molar-refractivity contribution in [3.63, 3.8) is 0 Å². The number of benzene rings is 1. The van der Waals surface area contributed by atoms with E-state index in [0.29, 0.717) is 10.4 Å². The van der Waals surface area contributed by atoms with Gasteiger partial charge in [0.15, 0.2) is 0 Å². The predicted octanol–water partition coefficient (Wildman–Crippen LogP) is 4.84. The van der Waals surface area contributed by atoms with Crippen molar-refractivity contribution in [1.29, 1.82) is 0 Å². The van der Waals surface area contributed by atoms with Gasteiger partial charge in [0.05, 0.1) is 4.91 Å². The van der Waals surface area contributed by atoms with Crippen molar-refractivity contribution in [3.05, 3.63) is 46.9 Å². The lowest BCUT2D eigenvalue weighted by atomic mass is 9.94. The highest BCUT2D eigenvalue weighted by Crippen LogP contribution is 2.36. The molecule has 2 aliphatic rings. The van der Waals surface area contributed by atoms with Crippen LogP contribution in [0.1, 0.15) is 37.7 Å². The number of thiocarbonyl (C=S) groups is 1. The van der Waals surface area contributed by atoms with Crippen LogP contribution in [-0.4, -0.2) is 35.3 Å². The minimum atomic E-state index is 0.0782. The van der Waals surface area contributed by atoms with Gasteiger partial charge in [0, 0.05) is 25.8 Å². The van der Waals surface area contributed by atoms with Gasteiger partial charge in [-0.3, -0.25) is 9.69 Å². The maximum absolute atomic E-state index is 12.7. The topological polar surface area (TPSA) is 23.6 Å². The Kier molecular flexibility index (Phi) is 5.97. The van der Waals surface area contributed by atoms with Crippen LogP contribution in [0.25, 0.3) is 6.08 Å². The Morgan fingerprint density at radius 1 is 1.16 bits per heavy atom. The van der Waals surface area contributed by atoms with E-state index in [2.05, 4.69) is 29.2 Å². The molecule has 3 nitrogen and oxygen atoms in total. The van der Waals surface area contributed by atoms with Gasteiger partial charge >= 0.3 is 0 Å². The number of rotatable bonds is 4. The summed E-state index contributed by atoms with van der Waals surface area (Å²) in [6.45, 7) is 0. The second-order valence-electron chi connectivity index (χ2n) is 6.71. The molecular formula is C20H24N2OS2. The zero-order valence-corrected chi connectivity index (χ0v) is 16.4. The fourth-order valence-electron chi connectivity index (χ4n) is 3.28. The fourth-order valence-corrected chi connectivity index (χ4v) is 4.63. The molecule has 132 valence electrons. The quantitative estimate of drug-likeness (QED) is 0.557. The van der Waals surface area contributed by atoms with Crippen molar-refractivity contribution >= 4 is 46.0 Å². The summed E-state index contributed by atoms with van der Waals surface area (Å²) in [6, 6.07) is 8.62. The second kappa shape index (κ2) is 8.19. The molecule has 0 bridgehead atoms. The average Bonchev–Trinajstić information content (AvgIpc) is 2.90. The molecule has 1 amide bonds. The van der Waals surface area contributed by atoms with Gasteiger partial charge in [-0.25, -0.2) is 0 Å². The maximum Gasteiger partial charge on any atom is 0.266 e. The number of nitrogens with zero attached hydrogens (tertiary/aromatic N) is 2. The predicted molar refractivity (Wildman–Crippen MR) is 112 cm³/mol. The molecule has 0 atom stereocenters. The van der Waals surface area contributed by atoms with Gasteiger partial charge in [0.1, 0.15) is 4.32 Å². The molecule has 1 aliphatic carbocycles. The molecule has 1 heterocycles. The molecule has 0 unspecified atom stereocenters. The molecule has 0 aromatic heterocycles. The third-order valence-electron chi connectivity index (χ3n) is 4.71. The lowest BCUT2D eigenvalue weighted by Crippen LogP contribution is -2.39. The van der Waals surface area contributed by atoms with Gasteiger partial charge in [-0.15, -0.1) is 0 Å². The van der Waals surface area contributed by atoms with E-state index in [0.717, 1.165) is 23.3 Å². The summed E-state index contributed by atoms with van der Waals surface area (Å²) < 4.78 is 0.715. The maximum atomic E-state index is 12.7. The Hall–Kier alpha value is -1.59. The molecular weight excluding hydrogens is 348 g/mol. The summed E-state index contributed by atoms with van der Waals surface area (Å²) in [7, 11) is 4.05. The number of allylic oxidation sites excluding steroid dienone is 2. The molecule has 1 aromatic carbocycles. The summed E-state index contributed by atoms with van der Waals surface area (Å²) in [4.78, 5) is 17.3. The van der Waals surface area contributed by atoms with Crippen LogP contribution in [0.3, 0.4) is 0 Å². The van der Waals surface area contributed by atoms with Gasteiger partial charge in [-0.05, 0) is 36.6 Å². The first-order valence-corrected chi connectivity index (χ1v) is 10.00. The van der Waals surface area contributed by atoms with Crippen LogP contribution >= 0.6 is 24.0 Å². The number of anilines is 1. The van der Waals surface area contributed by atoms with Crippen molar-refractivity contribution in [3.8, 4) is 0 Å². The summed E-state index contributed by atoms with van der Waals surface area (Å²) in [5.41, 5.74) is 2.29. The fraction of sp³-hybridized carbons (Fsp3) is 0.400. The summed E-state index contributed by atoms with van der Waals surface area (Å²) in [5.74, 6) is 0.0782. The number of hydrogen-bond acceptors (Lipinski definition) is 4. The molecule has 1 saturated carbocycles. The molecule has 2 fully saturated rings. The molecule has 1 saturated heterocycles. The van der Waals surface area contributed by atoms with E-state index in [9.17, 15) is 4.79 Å². The summed E-state index contributed by atoms with van der Waals surface area (Å²) in [5, 5.41) is 0. The molecule has 0 spiro atoms. The SMILES string of the molecule is CN(C)c1ccc(/C=C\C=C2/SC(=S)N(C3CCCCC3)C2=O)cc1. The lowest BCUT2D eigenvalue weighted by Gasteiger charge is -2.29. The van der Waals surface area contributed by atoms with Gasteiger partial charge < -0.3 is 4.90 Å². The first-order chi connectivity index (χ1) is 12.1. The van der Waals surface area contributed by atoms with E-state index < -0.39 is 0 Å². The van der Waals surface area contributed by atoms with E-state index in [4.69, 9.17) is 12.2 Å². The number of thioether (sulfide) groups is 1. The zero-order chi connectivity index (χ0) is 17.8. The summed E-state index contributed by atoms with van der Waals surface area (Å²) in [6.07, 6.45) is 11.7. The number of carbonyl (C=O) groups is 1. The Labute approximate surface area is 159 Å². The van der Waals surface area contributed by atoms with E-state index in [1.807, 2.05) is 37.2 Å². The molecule has 3 rings (SSSR count). The Morgan fingerprint density at radius 2 is 1.84 bits per heavy atom. The van der Waals surface area contributed by atoms with Crippen LogP contribution in [0.5, 0.6) is 0 Å². The van der Waals surface area contributed by atoms with E-state index >= 15 is 0 Å². The smallest absolute Gasteiger partial charge is 0.266 e. The highest BCUT2D eigenvalue weighted by Gasteiger charge is 2.37. The van der Waals surface area contributed by atoms with E-state index in [-0.39, 0.29) is 5.91 Å². The van der Waals surface area contributed by atoms with Crippen LogP contribution in [0.4, 0.5) is 5.69 Å². The van der Waals surface area contributed by atoms with Crippen LogP contribution in [-0.2, 0) is 4.79 Å². The standard InChI is InChI=1S/C20H24N2OS2/c1-21(2)16-13-11-15(12-14-16)7-6-10-18-19(23)22(20(24)25-18)17-8-4-3-5-9-17/h6-7,10-14,17H,3-5,8-9H2,1-2H3/b7-6-,18-10-. The average molecular weight is 373 g/mol. The highest BCUT2D eigenvalue weighted by molar-refractivity contribution is 8.26. The minimum Gasteiger partial charge on any atom is -0.378 e. The van der Waals surface area contributed by atoms with E-state index in [1.54, 1.807) is 0 Å². The number of carbonyl (C=O) groups excluding carboxylic acids is 1. The normalized spacial score (nSPS) is 20.9. The van der Waals surface area contributed by atoms with Gasteiger partial charge in [-0.2, -0.15) is 0 Å². The second-order valence-corrected chi connectivity index (χ2v) is 8.39. The number of hydrogen-bond donors (Lipinski definition) is 0. The lowest BCUT2D eigenvalue weighted by molar-refractivity contribution is -0.124. The third-order valence-corrected chi connectivity index (χ3v) is 6.06. The van der Waals surface area contributed by atoms with Crippen molar-refractivity contribution < 1.29 is 4.79 Å². The largest absolute Gasteiger partial charge is 0.378 e. The van der Waals surface area contributed by atoms with E-state index in [1.165, 1.54) is 36.7 Å². The Bertz CT molecular complexity index is 701. The molecule has 0 radical (unpaired) electrons. The van der Waals surface area contributed by atoms with Crippen molar-refractivity contribution in [1.82, 2.24) is 4.90 Å². The monoisotopic (exact) mass is 372 g/mol. The van der Waals surface area contributed by atoms with Gasteiger partial charge in [0.25, 0.3) is 5.91 Å². The minimum absolute atomic E-state index is 0.0782. The molecule has 1 aliphatic heterocycles. The first kappa shape index (κ1) is 18.2. The third kappa shape index (κ3) is 4.33. The molecule has 25 heavy (non-hydrogen) atoms. The summed E-state index contributed by atoms with van der Waals surface area (Å²) >= 11 is 6.88. The van der Waals surface area contributed by atoms with Crippen molar-refractivity contribution in [2.45, 2.75) is 38.1 Å². The Morgan fingerprint density at radius 3 is 2.48 bits per heavy atom. The van der Waals surface area contributed by atoms with Gasteiger partial charge in [0.2, 0.25) is 0 Å². The molecule has 0 N–H and O–H groups in total. The van der Waals surface area contributed by atoms with Crippen LogP contribution < -0.4 is 4.90 Å². The van der Waals surface area contributed by atoms with Crippen LogP contribution in [0.2, 0.25) is 0 Å². The van der Waals surface area contributed by atoms with Crippen molar-refractivity contribution in [2.75, 3.05) is 19.0 Å². The first-order valence-electron chi connectivity index (χ1n) is 8.77.